The third-order valence-corrected chi connectivity index (χ3v) is 7.02. The number of thioether (sulfide) groups is 1. The Morgan fingerprint density at radius 3 is 2.67 bits per heavy atom. The molecule has 21 heavy (non-hydrogen) atoms. The van der Waals surface area contributed by atoms with Crippen molar-refractivity contribution < 1.29 is 0 Å². The van der Waals surface area contributed by atoms with Crippen LogP contribution in [0.1, 0.15) is 56.4 Å². The van der Waals surface area contributed by atoms with Gasteiger partial charge in [-0.1, -0.05) is 43.0 Å². The molecule has 0 radical (unpaired) electrons. The fourth-order valence-electron chi connectivity index (χ4n) is 3.80. The van der Waals surface area contributed by atoms with E-state index in [9.17, 15) is 0 Å². The summed E-state index contributed by atoms with van der Waals surface area (Å²) in [7, 11) is 0. The maximum atomic E-state index is 6.09. The van der Waals surface area contributed by atoms with Crippen molar-refractivity contribution in [3.05, 3.63) is 34.9 Å². The third-order valence-electron chi connectivity index (χ3n) is 5.37. The lowest BCUT2D eigenvalue weighted by Crippen LogP contribution is -2.47. The molecule has 0 heterocycles. The number of hydrogen-bond acceptors (Lipinski definition) is 2. The van der Waals surface area contributed by atoms with E-state index in [1.54, 1.807) is 0 Å². The zero-order valence-electron chi connectivity index (χ0n) is 12.9. The Labute approximate surface area is 138 Å². The average molecular weight is 324 g/mol. The number of halogens is 1. The molecule has 116 valence electrons. The Bertz CT molecular complexity index is 464. The van der Waals surface area contributed by atoms with E-state index in [1.165, 1.54) is 57.1 Å². The second-order valence-electron chi connectivity index (χ2n) is 6.75. The van der Waals surface area contributed by atoms with Crippen LogP contribution in [0.2, 0.25) is 5.02 Å². The lowest BCUT2D eigenvalue weighted by molar-refractivity contribution is 0.268. The SMILES string of the molecule is CSC1(CNC2CC(c3cccc(Cl)c3)C2)CCCCC1. The predicted octanol–water partition coefficient (Wildman–Crippen LogP) is 5.24. The molecule has 0 saturated heterocycles. The van der Waals surface area contributed by atoms with Crippen molar-refractivity contribution in [3.63, 3.8) is 0 Å². The van der Waals surface area contributed by atoms with E-state index < -0.39 is 0 Å². The molecule has 2 fully saturated rings. The normalized spacial score (nSPS) is 28.1. The van der Waals surface area contributed by atoms with Crippen molar-refractivity contribution >= 4 is 23.4 Å². The first kappa shape index (κ1) is 15.7. The van der Waals surface area contributed by atoms with Gasteiger partial charge in [0.15, 0.2) is 0 Å². The molecule has 0 atom stereocenters. The Kier molecular flexibility index (Phi) is 5.19. The first-order valence-electron chi connectivity index (χ1n) is 8.25. The molecule has 0 unspecified atom stereocenters. The van der Waals surface area contributed by atoms with E-state index >= 15 is 0 Å². The van der Waals surface area contributed by atoms with Crippen LogP contribution in [0.15, 0.2) is 24.3 Å². The minimum atomic E-state index is 0.513. The van der Waals surface area contributed by atoms with Crippen molar-refractivity contribution in [3.8, 4) is 0 Å². The number of nitrogens with one attached hydrogen (secondary N) is 1. The molecule has 0 bridgehead atoms. The second kappa shape index (κ2) is 6.93. The molecule has 1 aromatic rings. The van der Waals surface area contributed by atoms with E-state index in [-0.39, 0.29) is 0 Å². The summed E-state index contributed by atoms with van der Waals surface area (Å²) in [5.74, 6) is 0.706. The van der Waals surface area contributed by atoms with Gasteiger partial charge in [-0.15, -0.1) is 0 Å². The molecule has 3 rings (SSSR count). The molecule has 2 aliphatic rings. The van der Waals surface area contributed by atoms with Crippen LogP contribution in [0.4, 0.5) is 0 Å². The Hall–Kier alpha value is -0.180. The Morgan fingerprint density at radius 1 is 1.24 bits per heavy atom. The fourth-order valence-corrected chi connectivity index (χ4v) is 4.92. The van der Waals surface area contributed by atoms with Gasteiger partial charge in [-0.3, -0.25) is 0 Å². The van der Waals surface area contributed by atoms with Crippen LogP contribution in [0.25, 0.3) is 0 Å². The summed E-state index contributed by atoms with van der Waals surface area (Å²) in [5, 5.41) is 4.71. The monoisotopic (exact) mass is 323 g/mol. The molecule has 1 N–H and O–H groups in total. The summed E-state index contributed by atoms with van der Waals surface area (Å²) in [5.41, 5.74) is 1.41. The standard InChI is InChI=1S/C18H26ClNS/c1-21-18(8-3-2-4-9-18)13-20-17-11-15(12-17)14-6-5-7-16(19)10-14/h5-7,10,15,17,20H,2-4,8-9,11-13H2,1H3. The second-order valence-corrected chi connectivity index (χ2v) is 8.46. The van der Waals surface area contributed by atoms with Crippen LogP contribution in [-0.2, 0) is 0 Å². The highest BCUT2D eigenvalue weighted by molar-refractivity contribution is 8.00. The number of hydrogen-bond donors (Lipinski definition) is 1. The molecule has 2 saturated carbocycles. The lowest BCUT2D eigenvalue weighted by Gasteiger charge is -2.41. The van der Waals surface area contributed by atoms with Gasteiger partial charge in [-0.2, -0.15) is 11.8 Å². The molecule has 0 aliphatic heterocycles. The van der Waals surface area contributed by atoms with Gasteiger partial charge in [-0.05, 0) is 55.6 Å². The summed E-state index contributed by atoms with van der Waals surface area (Å²) in [6.07, 6.45) is 11.9. The summed E-state index contributed by atoms with van der Waals surface area (Å²) < 4.78 is 0.513. The summed E-state index contributed by atoms with van der Waals surface area (Å²) >= 11 is 8.18. The fraction of sp³-hybridized carbons (Fsp3) is 0.667. The largest absolute Gasteiger partial charge is 0.313 e. The van der Waals surface area contributed by atoms with Gasteiger partial charge in [0.05, 0.1) is 0 Å². The maximum absolute atomic E-state index is 6.09. The van der Waals surface area contributed by atoms with E-state index in [1.807, 2.05) is 6.07 Å². The minimum absolute atomic E-state index is 0.513. The van der Waals surface area contributed by atoms with Gasteiger partial charge >= 0.3 is 0 Å². The highest BCUT2D eigenvalue weighted by Gasteiger charge is 2.35. The summed E-state index contributed by atoms with van der Waals surface area (Å²) in [4.78, 5) is 0. The zero-order valence-corrected chi connectivity index (χ0v) is 14.5. The maximum Gasteiger partial charge on any atom is 0.0408 e. The molecule has 1 aromatic carbocycles. The third kappa shape index (κ3) is 3.78. The van der Waals surface area contributed by atoms with Crippen LogP contribution >= 0.6 is 23.4 Å². The molecule has 2 aliphatic carbocycles. The molecule has 3 heteroatoms. The summed E-state index contributed by atoms with van der Waals surface area (Å²) in [6, 6.07) is 9.10. The first-order chi connectivity index (χ1) is 10.2. The smallest absolute Gasteiger partial charge is 0.0408 e. The van der Waals surface area contributed by atoms with Gasteiger partial charge in [0.1, 0.15) is 0 Å². The molecule has 1 nitrogen and oxygen atoms in total. The van der Waals surface area contributed by atoms with Crippen molar-refractivity contribution in [1.29, 1.82) is 0 Å². The molecule has 0 aromatic heterocycles. The molecular weight excluding hydrogens is 298 g/mol. The van der Waals surface area contributed by atoms with Gasteiger partial charge in [0, 0.05) is 22.4 Å². The van der Waals surface area contributed by atoms with Crippen molar-refractivity contribution in [2.24, 2.45) is 0 Å². The van der Waals surface area contributed by atoms with E-state index in [0.29, 0.717) is 16.7 Å². The van der Waals surface area contributed by atoms with Crippen LogP contribution in [0, 0.1) is 0 Å². The van der Waals surface area contributed by atoms with Crippen LogP contribution in [-0.4, -0.2) is 23.6 Å². The van der Waals surface area contributed by atoms with Crippen molar-refractivity contribution in [2.45, 2.75) is 61.7 Å². The van der Waals surface area contributed by atoms with E-state index in [0.717, 1.165) is 5.02 Å². The van der Waals surface area contributed by atoms with Crippen LogP contribution in [0.5, 0.6) is 0 Å². The van der Waals surface area contributed by atoms with Crippen molar-refractivity contribution in [1.82, 2.24) is 5.32 Å². The number of benzene rings is 1. The van der Waals surface area contributed by atoms with Crippen molar-refractivity contribution in [2.75, 3.05) is 12.8 Å². The Morgan fingerprint density at radius 2 is 2.00 bits per heavy atom. The molecular formula is C18H26ClNS. The zero-order chi connectivity index (χ0) is 14.7. The Balaban J connectivity index is 1.46. The van der Waals surface area contributed by atoms with Gasteiger partial charge in [0.25, 0.3) is 0 Å². The lowest BCUT2D eigenvalue weighted by atomic mass is 9.75. The highest BCUT2D eigenvalue weighted by Crippen LogP contribution is 2.41. The van der Waals surface area contributed by atoms with E-state index in [4.69, 9.17) is 11.6 Å². The van der Waals surface area contributed by atoms with Gasteiger partial charge in [0.2, 0.25) is 0 Å². The summed E-state index contributed by atoms with van der Waals surface area (Å²) in [6.45, 7) is 1.20. The minimum Gasteiger partial charge on any atom is -0.313 e. The molecule has 0 amide bonds. The van der Waals surface area contributed by atoms with Gasteiger partial charge in [-0.25, -0.2) is 0 Å². The quantitative estimate of drug-likeness (QED) is 0.795. The van der Waals surface area contributed by atoms with Gasteiger partial charge < -0.3 is 5.32 Å². The van der Waals surface area contributed by atoms with E-state index in [2.05, 4.69) is 41.5 Å². The molecule has 0 spiro atoms. The highest BCUT2D eigenvalue weighted by atomic mass is 35.5. The van der Waals surface area contributed by atoms with Crippen LogP contribution < -0.4 is 5.32 Å². The van der Waals surface area contributed by atoms with Crippen LogP contribution in [0.3, 0.4) is 0 Å². The first-order valence-corrected chi connectivity index (χ1v) is 9.85. The average Bonchev–Trinajstić information content (AvgIpc) is 2.47. The predicted molar refractivity (Wildman–Crippen MR) is 94.5 cm³/mol. The number of rotatable bonds is 5. The topological polar surface area (TPSA) is 12.0 Å².